The molecule has 0 bridgehead atoms. The highest BCUT2D eigenvalue weighted by Crippen LogP contribution is 2.25. The van der Waals surface area contributed by atoms with Crippen LogP contribution in [-0.2, 0) is 14.8 Å². The van der Waals surface area contributed by atoms with Gasteiger partial charge in [0.05, 0.1) is 13.2 Å². The van der Waals surface area contributed by atoms with Crippen LogP contribution in [0, 0.1) is 5.92 Å². The lowest BCUT2D eigenvalue weighted by molar-refractivity contribution is 0.0722. The summed E-state index contributed by atoms with van der Waals surface area (Å²) in [6, 6.07) is 2.90. The van der Waals surface area contributed by atoms with Crippen LogP contribution in [0.25, 0.3) is 0 Å². The molecule has 1 aromatic heterocycles. The van der Waals surface area contributed by atoms with E-state index >= 15 is 0 Å². The molecule has 0 radical (unpaired) electrons. The highest BCUT2D eigenvalue weighted by molar-refractivity contribution is 7.89. The Morgan fingerprint density at radius 2 is 1.92 bits per heavy atom. The van der Waals surface area contributed by atoms with Crippen molar-refractivity contribution < 1.29 is 22.4 Å². The van der Waals surface area contributed by atoms with E-state index in [0.29, 0.717) is 32.2 Å². The average Bonchev–Trinajstić information content (AvgIpc) is 3.09. The molecule has 3 rings (SSSR count). The maximum absolute atomic E-state index is 12.5. The van der Waals surface area contributed by atoms with Crippen LogP contribution in [0.5, 0.6) is 0 Å². The summed E-state index contributed by atoms with van der Waals surface area (Å²) < 4.78 is 36.9. The number of carbonyl (C=O) groups excluding carboxylic acids is 1. The number of furan rings is 1. The minimum Gasteiger partial charge on any atom is -0.438 e. The van der Waals surface area contributed by atoms with E-state index in [2.05, 4.69) is 12.2 Å². The fraction of sp³-hybridized carbons (Fsp3) is 0.688. The van der Waals surface area contributed by atoms with E-state index in [4.69, 9.17) is 9.15 Å². The monoisotopic (exact) mass is 356 g/mol. The maximum atomic E-state index is 12.5. The van der Waals surface area contributed by atoms with Crippen molar-refractivity contribution >= 4 is 15.9 Å². The van der Waals surface area contributed by atoms with E-state index < -0.39 is 10.0 Å². The summed E-state index contributed by atoms with van der Waals surface area (Å²) in [6.07, 6.45) is 4.34. The molecule has 7 nitrogen and oxygen atoms in total. The van der Waals surface area contributed by atoms with Gasteiger partial charge in [0, 0.05) is 19.1 Å². The van der Waals surface area contributed by atoms with Crippen molar-refractivity contribution in [3.05, 3.63) is 17.9 Å². The number of nitrogens with zero attached hydrogens (tertiary/aromatic N) is 1. The third-order valence-corrected chi connectivity index (χ3v) is 6.57. The first kappa shape index (κ1) is 17.4. The topological polar surface area (TPSA) is 88.9 Å². The highest BCUT2D eigenvalue weighted by atomic mass is 32.2. The predicted octanol–water partition coefficient (Wildman–Crippen LogP) is 1.61. The SMILES string of the molecule is C[C@@H]1CCCC[C@@H]1NC(=O)c1ccc(S(=O)(=O)N2CCOCC2)o1. The third kappa shape index (κ3) is 3.65. The molecule has 0 unspecified atom stereocenters. The molecule has 0 spiro atoms. The number of ether oxygens (including phenoxy) is 1. The Bertz CT molecular complexity index is 678. The fourth-order valence-electron chi connectivity index (χ4n) is 3.27. The number of nitrogens with one attached hydrogen (secondary N) is 1. The standard InChI is InChI=1S/C16H24N2O5S/c1-12-4-2-3-5-13(12)17-16(19)14-6-7-15(23-14)24(20,21)18-8-10-22-11-9-18/h6-7,12-13H,2-5,8-11H2,1H3,(H,17,19)/t12-,13+/m1/s1. The fourth-order valence-corrected chi connectivity index (χ4v) is 4.58. The summed E-state index contributed by atoms with van der Waals surface area (Å²) in [7, 11) is -3.71. The first-order valence-corrected chi connectivity index (χ1v) is 9.91. The van der Waals surface area contributed by atoms with E-state index in [1.165, 1.54) is 22.9 Å². The van der Waals surface area contributed by atoms with E-state index in [1.54, 1.807) is 0 Å². The predicted molar refractivity (Wildman–Crippen MR) is 87.2 cm³/mol. The summed E-state index contributed by atoms with van der Waals surface area (Å²) in [6.45, 7) is 3.45. The van der Waals surface area contributed by atoms with Gasteiger partial charge in [-0.3, -0.25) is 4.79 Å². The molecule has 2 atom stereocenters. The molecular formula is C16H24N2O5S. The van der Waals surface area contributed by atoms with Crippen LogP contribution < -0.4 is 5.32 Å². The van der Waals surface area contributed by atoms with Gasteiger partial charge in [0.25, 0.3) is 15.9 Å². The van der Waals surface area contributed by atoms with Gasteiger partial charge in [0.15, 0.2) is 5.76 Å². The number of hydrogen-bond donors (Lipinski definition) is 1. The molecule has 0 aromatic carbocycles. The van der Waals surface area contributed by atoms with Crippen LogP contribution in [0.15, 0.2) is 21.6 Å². The molecule has 134 valence electrons. The molecule has 1 amide bonds. The van der Waals surface area contributed by atoms with Gasteiger partial charge in [0.1, 0.15) is 0 Å². The number of sulfonamides is 1. The molecule has 2 aliphatic rings. The number of hydrogen-bond acceptors (Lipinski definition) is 5. The second kappa shape index (κ2) is 7.25. The molecule has 1 saturated carbocycles. The van der Waals surface area contributed by atoms with E-state index in [1.807, 2.05) is 0 Å². The second-order valence-electron chi connectivity index (χ2n) is 6.48. The van der Waals surface area contributed by atoms with Crippen molar-refractivity contribution in [3.63, 3.8) is 0 Å². The van der Waals surface area contributed by atoms with Crippen molar-refractivity contribution in [1.82, 2.24) is 9.62 Å². The normalized spacial score (nSPS) is 26.2. The zero-order chi connectivity index (χ0) is 17.2. The van der Waals surface area contributed by atoms with E-state index in [9.17, 15) is 13.2 Å². The van der Waals surface area contributed by atoms with E-state index in [-0.39, 0.29) is 22.8 Å². The number of carbonyl (C=O) groups is 1. The zero-order valence-corrected chi connectivity index (χ0v) is 14.7. The van der Waals surface area contributed by atoms with Crippen molar-refractivity contribution in [2.75, 3.05) is 26.3 Å². The Morgan fingerprint density at radius 1 is 1.21 bits per heavy atom. The summed E-state index contributed by atoms with van der Waals surface area (Å²) >= 11 is 0. The van der Waals surface area contributed by atoms with Crippen LogP contribution in [0.4, 0.5) is 0 Å². The quantitative estimate of drug-likeness (QED) is 0.885. The molecule has 24 heavy (non-hydrogen) atoms. The van der Waals surface area contributed by atoms with Crippen molar-refractivity contribution in [1.29, 1.82) is 0 Å². The van der Waals surface area contributed by atoms with Crippen molar-refractivity contribution in [3.8, 4) is 0 Å². The molecule has 1 N–H and O–H groups in total. The van der Waals surface area contributed by atoms with Gasteiger partial charge in [-0.15, -0.1) is 0 Å². The number of amides is 1. The minimum atomic E-state index is -3.71. The zero-order valence-electron chi connectivity index (χ0n) is 13.9. The summed E-state index contributed by atoms with van der Waals surface area (Å²) in [5.41, 5.74) is 0. The molecule has 1 saturated heterocycles. The smallest absolute Gasteiger partial charge is 0.287 e. The van der Waals surface area contributed by atoms with Gasteiger partial charge < -0.3 is 14.5 Å². The summed E-state index contributed by atoms with van der Waals surface area (Å²) in [4.78, 5) is 12.3. The first-order chi connectivity index (χ1) is 11.5. The van der Waals surface area contributed by atoms with Gasteiger partial charge in [-0.05, 0) is 30.9 Å². The van der Waals surface area contributed by atoms with Crippen LogP contribution in [0.3, 0.4) is 0 Å². The average molecular weight is 356 g/mol. The van der Waals surface area contributed by atoms with Crippen molar-refractivity contribution in [2.24, 2.45) is 5.92 Å². The molecule has 1 aliphatic carbocycles. The maximum Gasteiger partial charge on any atom is 0.287 e. The Labute approximate surface area is 142 Å². The summed E-state index contributed by atoms with van der Waals surface area (Å²) in [5, 5.41) is 2.78. The van der Waals surface area contributed by atoms with Crippen molar-refractivity contribution in [2.45, 2.75) is 43.7 Å². The highest BCUT2D eigenvalue weighted by Gasteiger charge is 2.31. The first-order valence-electron chi connectivity index (χ1n) is 8.47. The largest absolute Gasteiger partial charge is 0.438 e. The van der Waals surface area contributed by atoms with Gasteiger partial charge in [-0.25, -0.2) is 8.42 Å². The Hall–Kier alpha value is -1.38. The Balaban J connectivity index is 1.69. The molecular weight excluding hydrogens is 332 g/mol. The lowest BCUT2D eigenvalue weighted by Crippen LogP contribution is -2.41. The van der Waals surface area contributed by atoms with Gasteiger partial charge in [-0.2, -0.15) is 4.31 Å². The number of rotatable bonds is 4. The molecule has 1 aromatic rings. The van der Waals surface area contributed by atoms with Gasteiger partial charge in [0.2, 0.25) is 5.09 Å². The van der Waals surface area contributed by atoms with E-state index in [0.717, 1.165) is 19.3 Å². The van der Waals surface area contributed by atoms with Crippen LogP contribution in [0.1, 0.15) is 43.2 Å². The van der Waals surface area contributed by atoms with Gasteiger partial charge >= 0.3 is 0 Å². The molecule has 1 aliphatic heterocycles. The van der Waals surface area contributed by atoms with Crippen LogP contribution in [-0.4, -0.2) is 51.0 Å². The Morgan fingerprint density at radius 3 is 2.62 bits per heavy atom. The molecule has 2 fully saturated rings. The van der Waals surface area contributed by atoms with Crippen LogP contribution in [0.2, 0.25) is 0 Å². The third-order valence-electron chi connectivity index (χ3n) is 4.80. The minimum absolute atomic E-state index is 0.0413. The second-order valence-corrected chi connectivity index (χ2v) is 8.35. The number of morpholine rings is 1. The van der Waals surface area contributed by atoms with Gasteiger partial charge in [-0.1, -0.05) is 19.8 Å². The Kier molecular flexibility index (Phi) is 5.27. The lowest BCUT2D eigenvalue weighted by Gasteiger charge is -2.29. The molecule has 2 heterocycles. The molecule has 8 heteroatoms. The summed E-state index contributed by atoms with van der Waals surface area (Å²) in [5.74, 6) is 0.117. The lowest BCUT2D eigenvalue weighted by atomic mass is 9.86. The van der Waals surface area contributed by atoms with Crippen LogP contribution >= 0.6 is 0 Å².